The maximum Gasteiger partial charge on any atom is 0.305 e. The zero-order chi connectivity index (χ0) is 57.1. The molecule has 0 aromatic heterocycles. The quantitative estimate of drug-likeness (QED) is 0.0320. The number of aliphatic hydroxyl groups is 2. The Hall–Kier alpha value is -1.40. The Labute approximate surface area is 495 Å². The molecule has 0 radical (unpaired) electrons. The number of amides is 1. The second kappa shape index (κ2) is 69.1. The van der Waals surface area contributed by atoms with Crippen LogP contribution < -0.4 is 5.32 Å². The molecule has 0 bridgehead atoms. The van der Waals surface area contributed by atoms with E-state index in [4.69, 9.17) is 4.74 Å². The maximum absolute atomic E-state index is 12.6. The summed E-state index contributed by atoms with van der Waals surface area (Å²) in [6, 6.07) is -0.549. The average Bonchev–Trinajstić information content (AvgIpc) is 3.45. The van der Waals surface area contributed by atoms with E-state index in [0.29, 0.717) is 25.9 Å². The van der Waals surface area contributed by atoms with Crippen molar-refractivity contribution in [1.82, 2.24) is 5.32 Å². The molecule has 6 nitrogen and oxygen atoms in total. The Morgan fingerprint density at radius 2 is 0.595 bits per heavy atom. The Morgan fingerprint density at radius 1 is 0.342 bits per heavy atom. The van der Waals surface area contributed by atoms with Gasteiger partial charge in [-0.25, -0.2) is 0 Å². The summed E-state index contributed by atoms with van der Waals surface area (Å²) in [4.78, 5) is 24.7. The van der Waals surface area contributed by atoms with Crippen LogP contribution in [0.15, 0.2) is 12.2 Å². The molecular formula is C73H143NO5. The molecule has 79 heavy (non-hydrogen) atoms. The summed E-state index contributed by atoms with van der Waals surface area (Å²) in [7, 11) is 0. The summed E-state index contributed by atoms with van der Waals surface area (Å²) in [5, 5.41) is 23.4. The van der Waals surface area contributed by atoms with Crippen LogP contribution in [0.2, 0.25) is 0 Å². The summed E-state index contributed by atoms with van der Waals surface area (Å²) in [6.07, 6.45) is 85.5. The zero-order valence-electron chi connectivity index (χ0n) is 53.9. The molecule has 0 saturated heterocycles. The van der Waals surface area contributed by atoms with Gasteiger partial charge in [-0.05, 0) is 51.4 Å². The largest absolute Gasteiger partial charge is 0.466 e. The predicted molar refractivity (Wildman–Crippen MR) is 347 cm³/mol. The number of carbonyl (C=O) groups is 2. The van der Waals surface area contributed by atoms with E-state index in [1.165, 1.54) is 347 Å². The number of hydrogen-bond donors (Lipinski definition) is 3. The fourth-order valence-corrected chi connectivity index (χ4v) is 11.8. The van der Waals surface area contributed by atoms with E-state index in [9.17, 15) is 19.8 Å². The van der Waals surface area contributed by atoms with Crippen LogP contribution in [0.3, 0.4) is 0 Å². The number of unbranched alkanes of at least 4 members (excludes halogenated alkanes) is 56. The first-order valence-electron chi connectivity index (χ1n) is 36.4. The molecule has 0 aliphatic rings. The number of ether oxygens (including phenoxy) is 1. The number of aliphatic hydroxyl groups excluding tert-OH is 2. The molecule has 0 aliphatic heterocycles. The Balaban J connectivity index is 3.40. The molecule has 0 fully saturated rings. The van der Waals surface area contributed by atoms with Gasteiger partial charge < -0.3 is 20.3 Å². The van der Waals surface area contributed by atoms with Crippen LogP contribution in [0.5, 0.6) is 0 Å². The van der Waals surface area contributed by atoms with E-state index < -0.39 is 12.1 Å². The SMILES string of the molecule is CCCCCCCCCCCCCCCCCCCCCCCCCCC(O)C(CO)NC(=O)CCCCCCCCC/C=C\CCCCCCCCCCCOC(=O)CCCCCCCCCCCCCCCCCCCC. The fraction of sp³-hybridized carbons (Fsp3) is 0.945. The fourth-order valence-electron chi connectivity index (χ4n) is 11.8. The minimum absolute atomic E-state index is 0.0121. The molecular weight excluding hydrogens is 971 g/mol. The van der Waals surface area contributed by atoms with Gasteiger partial charge in [0, 0.05) is 12.8 Å². The van der Waals surface area contributed by atoms with Crippen molar-refractivity contribution in [1.29, 1.82) is 0 Å². The molecule has 0 rings (SSSR count). The molecule has 1 amide bonds. The Bertz CT molecular complexity index is 1190. The Kier molecular flexibility index (Phi) is 67.9. The van der Waals surface area contributed by atoms with Gasteiger partial charge in [-0.2, -0.15) is 0 Å². The number of rotatable bonds is 69. The summed E-state index contributed by atoms with van der Waals surface area (Å²) in [5.41, 5.74) is 0. The first-order chi connectivity index (χ1) is 39.0. The summed E-state index contributed by atoms with van der Waals surface area (Å²) < 4.78 is 5.51. The molecule has 0 aromatic carbocycles. The average molecular weight is 1110 g/mol. The van der Waals surface area contributed by atoms with Crippen LogP contribution >= 0.6 is 0 Å². The van der Waals surface area contributed by atoms with Crippen LogP contribution in [0.1, 0.15) is 418 Å². The van der Waals surface area contributed by atoms with Gasteiger partial charge in [0.05, 0.1) is 25.4 Å². The minimum Gasteiger partial charge on any atom is -0.466 e. The first-order valence-corrected chi connectivity index (χ1v) is 36.4. The zero-order valence-corrected chi connectivity index (χ0v) is 53.9. The topological polar surface area (TPSA) is 95.9 Å². The number of allylic oxidation sites excluding steroid dienone is 2. The van der Waals surface area contributed by atoms with E-state index in [1.54, 1.807) is 0 Å². The summed E-state index contributed by atoms with van der Waals surface area (Å²) in [5.74, 6) is -0.0260. The molecule has 6 heteroatoms. The molecule has 470 valence electrons. The van der Waals surface area contributed by atoms with Crippen LogP contribution in [0.25, 0.3) is 0 Å². The van der Waals surface area contributed by atoms with E-state index in [-0.39, 0.29) is 18.5 Å². The lowest BCUT2D eigenvalue weighted by Crippen LogP contribution is -2.45. The third-order valence-electron chi connectivity index (χ3n) is 17.3. The highest BCUT2D eigenvalue weighted by atomic mass is 16.5. The van der Waals surface area contributed by atoms with Crippen LogP contribution in [-0.2, 0) is 14.3 Å². The van der Waals surface area contributed by atoms with E-state index in [0.717, 1.165) is 38.5 Å². The number of hydrogen-bond acceptors (Lipinski definition) is 5. The summed E-state index contributed by atoms with van der Waals surface area (Å²) >= 11 is 0. The molecule has 0 aromatic rings. The van der Waals surface area contributed by atoms with Crippen LogP contribution in [0.4, 0.5) is 0 Å². The van der Waals surface area contributed by atoms with Crippen LogP contribution in [0, 0.1) is 0 Å². The van der Waals surface area contributed by atoms with Gasteiger partial charge in [0.2, 0.25) is 5.91 Å². The number of esters is 1. The lowest BCUT2D eigenvalue weighted by Gasteiger charge is -2.22. The molecule has 3 N–H and O–H groups in total. The van der Waals surface area contributed by atoms with E-state index in [2.05, 4.69) is 31.3 Å². The lowest BCUT2D eigenvalue weighted by molar-refractivity contribution is -0.143. The van der Waals surface area contributed by atoms with Crippen molar-refractivity contribution in [2.75, 3.05) is 13.2 Å². The standard InChI is InChI=1S/C73H143NO5/c1-3-5-7-9-11-13-15-17-19-21-23-24-25-26-27-30-33-37-41-45-49-53-57-61-65-71(76)70(69-75)74-72(77)66-62-58-54-50-46-42-38-34-31-28-29-32-36-40-44-48-52-56-60-64-68-79-73(78)67-63-59-55-51-47-43-39-35-22-20-18-16-14-12-10-8-6-4-2/h28,31,70-71,75-76H,3-27,29-30,32-69H2,1-2H3,(H,74,77)/b31-28-. The molecule has 0 spiro atoms. The van der Waals surface area contributed by atoms with Crippen LogP contribution in [-0.4, -0.2) is 47.4 Å². The molecule has 0 aliphatic carbocycles. The van der Waals surface area contributed by atoms with Crippen molar-refractivity contribution in [3.63, 3.8) is 0 Å². The molecule has 2 atom stereocenters. The minimum atomic E-state index is -0.671. The highest BCUT2D eigenvalue weighted by Gasteiger charge is 2.20. The Morgan fingerprint density at radius 3 is 0.899 bits per heavy atom. The second-order valence-corrected chi connectivity index (χ2v) is 25.3. The molecule has 0 heterocycles. The monoisotopic (exact) mass is 1110 g/mol. The second-order valence-electron chi connectivity index (χ2n) is 25.3. The number of carbonyl (C=O) groups excluding carboxylic acids is 2. The third kappa shape index (κ3) is 65.6. The van der Waals surface area contributed by atoms with Gasteiger partial charge in [-0.15, -0.1) is 0 Å². The molecule has 2 unspecified atom stereocenters. The van der Waals surface area contributed by atoms with Gasteiger partial charge in [0.15, 0.2) is 0 Å². The van der Waals surface area contributed by atoms with Gasteiger partial charge >= 0.3 is 5.97 Å². The van der Waals surface area contributed by atoms with Gasteiger partial charge in [-0.1, -0.05) is 366 Å². The van der Waals surface area contributed by atoms with Crippen molar-refractivity contribution >= 4 is 11.9 Å². The molecule has 0 saturated carbocycles. The lowest BCUT2D eigenvalue weighted by atomic mass is 10.0. The third-order valence-corrected chi connectivity index (χ3v) is 17.3. The van der Waals surface area contributed by atoms with Gasteiger partial charge in [0.1, 0.15) is 0 Å². The van der Waals surface area contributed by atoms with Crippen molar-refractivity contribution in [2.45, 2.75) is 431 Å². The van der Waals surface area contributed by atoms with Crippen molar-refractivity contribution in [3.05, 3.63) is 12.2 Å². The van der Waals surface area contributed by atoms with Crippen molar-refractivity contribution in [2.24, 2.45) is 0 Å². The van der Waals surface area contributed by atoms with E-state index in [1.807, 2.05) is 0 Å². The number of nitrogens with one attached hydrogen (secondary N) is 1. The van der Waals surface area contributed by atoms with E-state index >= 15 is 0 Å². The van der Waals surface area contributed by atoms with Crippen molar-refractivity contribution in [3.8, 4) is 0 Å². The van der Waals surface area contributed by atoms with Gasteiger partial charge in [0.25, 0.3) is 0 Å². The van der Waals surface area contributed by atoms with Gasteiger partial charge in [-0.3, -0.25) is 9.59 Å². The maximum atomic E-state index is 12.6. The smallest absolute Gasteiger partial charge is 0.305 e. The highest BCUT2D eigenvalue weighted by molar-refractivity contribution is 5.76. The highest BCUT2D eigenvalue weighted by Crippen LogP contribution is 2.19. The first kappa shape index (κ1) is 77.6. The normalized spacial score (nSPS) is 12.5. The van der Waals surface area contributed by atoms with Crippen molar-refractivity contribution < 1.29 is 24.5 Å². The summed E-state index contributed by atoms with van der Waals surface area (Å²) in [6.45, 7) is 5.00. The predicted octanol–water partition coefficient (Wildman–Crippen LogP) is 23.5.